The van der Waals surface area contributed by atoms with Gasteiger partial charge in [0.05, 0.1) is 12.7 Å². The number of amides is 1. The fourth-order valence-corrected chi connectivity index (χ4v) is 3.12. The van der Waals surface area contributed by atoms with Gasteiger partial charge in [-0.15, -0.1) is 0 Å². The molecule has 0 saturated carbocycles. The van der Waals surface area contributed by atoms with Gasteiger partial charge in [-0.25, -0.2) is 0 Å². The van der Waals surface area contributed by atoms with E-state index in [4.69, 9.17) is 14.6 Å². The molecule has 0 bridgehead atoms. The molecule has 6 nitrogen and oxygen atoms in total. The van der Waals surface area contributed by atoms with Gasteiger partial charge in [0.15, 0.2) is 5.41 Å². The van der Waals surface area contributed by atoms with Crippen LogP contribution in [0.2, 0.25) is 0 Å². The van der Waals surface area contributed by atoms with E-state index in [-0.39, 0.29) is 18.7 Å². The number of benzene rings is 1. The van der Waals surface area contributed by atoms with Crippen LogP contribution >= 0.6 is 0 Å². The highest BCUT2D eigenvalue weighted by Gasteiger charge is 2.64. The van der Waals surface area contributed by atoms with Gasteiger partial charge in [-0.05, 0) is 30.7 Å². The number of methoxy groups -OCH3 is 1. The highest BCUT2D eigenvalue weighted by Crippen LogP contribution is 2.46. The second-order valence-electron chi connectivity index (χ2n) is 6.22. The molecule has 26 heavy (non-hydrogen) atoms. The van der Waals surface area contributed by atoms with Crippen LogP contribution in [0.3, 0.4) is 0 Å². The first-order valence-corrected chi connectivity index (χ1v) is 7.79. The minimum atomic E-state index is -4.94. The minimum absolute atomic E-state index is 0.0965. The van der Waals surface area contributed by atoms with Gasteiger partial charge in [0.2, 0.25) is 0 Å². The van der Waals surface area contributed by atoms with Gasteiger partial charge < -0.3 is 19.5 Å². The zero-order valence-corrected chi connectivity index (χ0v) is 13.8. The zero-order chi connectivity index (χ0) is 19.1. The van der Waals surface area contributed by atoms with Crippen LogP contribution in [-0.2, 0) is 9.59 Å². The highest BCUT2D eigenvalue weighted by molar-refractivity contribution is 5.99. The van der Waals surface area contributed by atoms with Crippen molar-refractivity contribution >= 4 is 18.0 Å². The van der Waals surface area contributed by atoms with Crippen LogP contribution in [0.25, 0.3) is 6.08 Å². The summed E-state index contributed by atoms with van der Waals surface area (Å²) >= 11 is 0. The fraction of sp³-hybridized carbons (Fsp3) is 0.412. The first-order chi connectivity index (χ1) is 12.2. The maximum absolute atomic E-state index is 13.3. The number of carboxylic acid groups (broad SMARTS) is 1. The number of carbonyl (C=O) groups excluding carboxylic acids is 1. The van der Waals surface area contributed by atoms with Crippen molar-refractivity contribution in [2.24, 2.45) is 5.41 Å². The largest absolute Gasteiger partial charge is 0.497 e. The number of ether oxygens (including phenoxy) is 2. The maximum atomic E-state index is 13.3. The molecule has 0 spiro atoms. The van der Waals surface area contributed by atoms with Gasteiger partial charge in [-0.2, -0.15) is 13.2 Å². The average Bonchev–Trinajstić information content (AvgIpc) is 3.07. The third kappa shape index (κ3) is 2.87. The first kappa shape index (κ1) is 18.1. The Morgan fingerprint density at radius 1 is 1.35 bits per heavy atom. The van der Waals surface area contributed by atoms with Gasteiger partial charge in [-0.3, -0.25) is 9.59 Å². The topological polar surface area (TPSA) is 76.1 Å². The predicted octanol–water partition coefficient (Wildman–Crippen LogP) is 2.34. The summed E-state index contributed by atoms with van der Waals surface area (Å²) in [6, 6.07) is 4.99. The lowest BCUT2D eigenvalue weighted by atomic mass is 9.86. The molecule has 1 aromatic carbocycles. The molecule has 0 aliphatic carbocycles. The number of halogens is 3. The standard InChI is InChI=1S/C17H16F3NO5/c1-25-12-2-3-13-10(7-12)6-11(8-26-13)14(22)21-5-4-16(9-21,15(23)24)17(18,19)20/h2-3,6-7H,4-5,8-9H2,1H3,(H,23,24). The molecule has 1 unspecified atom stereocenters. The van der Waals surface area contributed by atoms with E-state index in [1.807, 2.05) is 0 Å². The fourth-order valence-electron chi connectivity index (χ4n) is 3.12. The van der Waals surface area contributed by atoms with Gasteiger partial charge in [0, 0.05) is 18.7 Å². The summed E-state index contributed by atoms with van der Waals surface area (Å²) in [6.45, 7) is -1.29. The Kier molecular flexibility index (Phi) is 4.33. The molecule has 1 aromatic rings. The average molecular weight is 371 g/mol. The zero-order valence-electron chi connectivity index (χ0n) is 13.8. The van der Waals surface area contributed by atoms with Crippen molar-refractivity contribution in [2.75, 3.05) is 26.8 Å². The van der Waals surface area contributed by atoms with Crippen LogP contribution in [0.15, 0.2) is 23.8 Å². The number of carbonyl (C=O) groups is 2. The molecule has 0 aromatic heterocycles. The smallest absolute Gasteiger partial charge is 0.406 e. The van der Waals surface area contributed by atoms with Gasteiger partial charge in [0.25, 0.3) is 5.91 Å². The summed E-state index contributed by atoms with van der Waals surface area (Å²) in [5, 5.41) is 9.09. The molecular weight excluding hydrogens is 355 g/mol. The van der Waals surface area contributed by atoms with Crippen LogP contribution in [0.1, 0.15) is 12.0 Å². The number of aliphatic carboxylic acids is 1. The number of rotatable bonds is 3. The summed E-state index contributed by atoms with van der Waals surface area (Å²) < 4.78 is 50.3. The number of carboxylic acids is 1. The third-order valence-electron chi connectivity index (χ3n) is 4.71. The quantitative estimate of drug-likeness (QED) is 0.883. The molecule has 140 valence electrons. The first-order valence-electron chi connectivity index (χ1n) is 7.79. The van der Waals surface area contributed by atoms with E-state index < -0.39 is 36.4 Å². The number of alkyl halides is 3. The lowest BCUT2D eigenvalue weighted by molar-refractivity contribution is -0.227. The lowest BCUT2D eigenvalue weighted by Crippen LogP contribution is -2.48. The van der Waals surface area contributed by atoms with E-state index in [0.29, 0.717) is 17.1 Å². The van der Waals surface area contributed by atoms with Gasteiger partial charge in [0.1, 0.15) is 18.1 Å². The number of likely N-dealkylation sites (tertiary alicyclic amines) is 1. The van der Waals surface area contributed by atoms with E-state index in [1.54, 1.807) is 18.2 Å². The van der Waals surface area contributed by atoms with E-state index in [2.05, 4.69) is 0 Å². The minimum Gasteiger partial charge on any atom is -0.497 e. The van der Waals surface area contributed by atoms with Crippen LogP contribution in [0.4, 0.5) is 13.2 Å². The number of hydrogen-bond donors (Lipinski definition) is 1. The Bertz CT molecular complexity index is 789. The number of hydrogen-bond acceptors (Lipinski definition) is 4. The normalized spacial score (nSPS) is 22.3. The van der Waals surface area contributed by atoms with Crippen LogP contribution in [0, 0.1) is 5.41 Å². The highest BCUT2D eigenvalue weighted by atomic mass is 19.4. The van der Waals surface area contributed by atoms with Crippen LogP contribution < -0.4 is 9.47 Å². The molecule has 1 saturated heterocycles. The summed E-state index contributed by atoms with van der Waals surface area (Å²) in [4.78, 5) is 24.7. The SMILES string of the molecule is COc1ccc2c(c1)C=C(C(=O)N1CCC(C(=O)O)(C(F)(F)F)C1)CO2. The molecule has 1 atom stereocenters. The van der Waals surface area contributed by atoms with Crippen LogP contribution in [-0.4, -0.2) is 54.9 Å². The van der Waals surface area contributed by atoms with E-state index in [9.17, 15) is 22.8 Å². The predicted molar refractivity (Wildman–Crippen MR) is 83.8 cm³/mol. The number of nitrogens with zero attached hydrogens (tertiary/aromatic N) is 1. The molecule has 0 radical (unpaired) electrons. The molecular formula is C17H16F3NO5. The molecule has 9 heteroatoms. The second kappa shape index (κ2) is 6.22. The van der Waals surface area contributed by atoms with Crippen molar-refractivity contribution in [3.63, 3.8) is 0 Å². The summed E-state index contributed by atoms with van der Waals surface area (Å²) in [7, 11) is 1.48. The van der Waals surface area contributed by atoms with Crippen molar-refractivity contribution in [1.29, 1.82) is 0 Å². The maximum Gasteiger partial charge on any atom is 0.406 e. The molecule has 3 rings (SSSR count). The summed E-state index contributed by atoms with van der Waals surface area (Å²) in [5.41, 5.74) is -2.20. The van der Waals surface area contributed by atoms with Crippen LogP contribution in [0.5, 0.6) is 11.5 Å². The van der Waals surface area contributed by atoms with Crippen molar-refractivity contribution in [3.05, 3.63) is 29.3 Å². The van der Waals surface area contributed by atoms with Gasteiger partial charge in [-0.1, -0.05) is 0 Å². The molecule has 1 N–H and O–H groups in total. The Labute approximate surface area is 146 Å². The molecule has 2 heterocycles. The summed E-state index contributed by atoms with van der Waals surface area (Å²) in [5.74, 6) is -1.56. The Morgan fingerprint density at radius 3 is 2.65 bits per heavy atom. The van der Waals surface area contributed by atoms with Crippen molar-refractivity contribution in [1.82, 2.24) is 4.90 Å². The Hall–Kier alpha value is -2.71. The van der Waals surface area contributed by atoms with Gasteiger partial charge >= 0.3 is 12.1 Å². The van der Waals surface area contributed by atoms with E-state index in [1.165, 1.54) is 13.2 Å². The Balaban J connectivity index is 1.84. The molecule has 1 fully saturated rings. The van der Waals surface area contributed by atoms with E-state index >= 15 is 0 Å². The lowest BCUT2D eigenvalue weighted by Gasteiger charge is -2.28. The Morgan fingerprint density at radius 2 is 2.08 bits per heavy atom. The third-order valence-corrected chi connectivity index (χ3v) is 4.71. The van der Waals surface area contributed by atoms with Crippen molar-refractivity contribution in [3.8, 4) is 11.5 Å². The van der Waals surface area contributed by atoms with Crippen molar-refractivity contribution in [2.45, 2.75) is 12.6 Å². The van der Waals surface area contributed by atoms with E-state index in [0.717, 1.165) is 4.90 Å². The molecule has 2 aliphatic rings. The molecule has 1 amide bonds. The second-order valence-corrected chi connectivity index (χ2v) is 6.22. The molecule has 2 aliphatic heterocycles. The monoisotopic (exact) mass is 371 g/mol. The summed E-state index contributed by atoms with van der Waals surface area (Å²) in [6.07, 6.45) is -4.08. The number of fused-ring (bicyclic) bond motifs is 1. The van der Waals surface area contributed by atoms with Crippen molar-refractivity contribution < 1.29 is 37.3 Å².